The van der Waals surface area contributed by atoms with Crippen LogP contribution in [-0.2, 0) is 0 Å². The lowest BCUT2D eigenvalue weighted by molar-refractivity contribution is 0.0636. The maximum Gasteiger partial charge on any atom is 0.259 e. The molecule has 1 aromatic carbocycles. The van der Waals surface area contributed by atoms with Crippen LogP contribution in [0, 0.1) is 6.92 Å². The summed E-state index contributed by atoms with van der Waals surface area (Å²) >= 11 is 6.37. The Morgan fingerprint density at radius 3 is 2.92 bits per heavy atom. The van der Waals surface area contributed by atoms with Crippen LogP contribution in [0.4, 0.5) is 0 Å². The van der Waals surface area contributed by atoms with Crippen molar-refractivity contribution in [1.82, 2.24) is 24.8 Å². The lowest BCUT2D eigenvalue weighted by atomic mass is 10.0. The Kier molecular flexibility index (Phi) is 5.46. The number of hydrogen-bond donors (Lipinski definition) is 1. The summed E-state index contributed by atoms with van der Waals surface area (Å²) in [6, 6.07) is 9.42. The predicted molar refractivity (Wildman–Crippen MR) is 103 cm³/mol. The summed E-state index contributed by atoms with van der Waals surface area (Å²) in [4.78, 5) is 19.6. The molecule has 6 nitrogen and oxygen atoms in total. The molecule has 1 fully saturated rings. The maximum atomic E-state index is 13.2. The van der Waals surface area contributed by atoms with Crippen LogP contribution in [0.25, 0.3) is 5.65 Å². The normalized spacial score (nSPS) is 17.2. The van der Waals surface area contributed by atoms with Gasteiger partial charge in [0.25, 0.3) is 5.91 Å². The first-order valence-corrected chi connectivity index (χ1v) is 8.60. The molecule has 8 heteroatoms. The molecular weight excluding hydrogens is 373 g/mol. The molecule has 1 N–H and O–H groups in total. The Labute approximate surface area is 162 Å². The number of carbonyl (C=O) groups is 1. The van der Waals surface area contributed by atoms with Crippen molar-refractivity contribution in [3.05, 3.63) is 64.6 Å². The third-order valence-electron chi connectivity index (χ3n) is 4.51. The Hall–Kier alpha value is -2.15. The van der Waals surface area contributed by atoms with Crippen LogP contribution in [0.15, 0.2) is 42.7 Å². The molecule has 0 aliphatic carbocycles. The van der Waals surface area contributed by atoms with E-state index in [1.165, 1.54) is 0 Å². The monoisotopic (exact) mass is 391 g/mol. The van der Waals surface area contributed by atoms with Crippen LogP contribution in [0.2, 0.25) is 5.02 Å². The van der Waals surface area contributed by atoms with Gasteiger partial charge in [0.15, 0.2) is 5.65 Å². The predicted octanol–water partition coefficient (Wildman–Crippen LogP) is 2.90. The van der Waals surface area contributed by atoms with Crippen LogP contribution in [0.5, 0.6) is 0 Å². The first-order chi connectivity index (χ1) is 12.1. The van der Waals surface area contributed by atoms with E-state index < -0.39 is 0 Å². The van der Waals surface area contributed by atoms with E-state index in [0.717, 1.165) is 17.8 Å². The fourth-order valence-electron chi connectivity index (χ4n) is 3.24. The smallest absolute Gasteiger partial charge is 0.259 e. The van der Waals surface area contributed by atoms with Crippen LogP contribution >= 0.6 is 24.0 Å². The summed E-state index contributed by atoms with van der Waals surface area (Å²) in [5.74, 6) is -0.0699. The fourth-order valence-corrected chi connectivity index (χ4v) is 3.50. The van der Waals surface area contributed by atoms with Crippen molar-refractivity contribution < 1.29 is 4.79 Å². The number of rotatable bonds is 2. The first-order valence-electron chi connectivity index (χ1n) is 8.22. The molecule has 1 unspecified atom stereocenters. The van der Waals surface area contributed by atoms with Crippen molar-refractivity contribution in [3.63, 3.8) is 0 Å². The van der Waals surface area contributed by atoms with E-state index in [4.69, 9.17) is 11.6 Å². The SMILES string of the molecule is Cc1ccn2ncc(C(=O)N3CCNCC3c3ccccc3Cl)c2n1.Cl. The number of nitrogens with zero attached hydrogens (tertiary/aromatic N) is 4. The zero-order valence-electron chi connectivity index (χ0n) is 14.2. The molecule has 0 saturated carbocycles. The van der Waals surface area contributed by atoms with E-state index in [-0.39, 0.29) is 24.4 Å². The topological polar surface area (TPSA) is 62.5 Å². The molecule has 1 aliphatic rings. The zero-order chi connectivity index (χ0) is 17.4. The van der Waals surface area contributed by atoms with Crippen LogP contribution in [-0.4, -0.2) is 45.0 Å². The quantitative estimate of drug-likeness (QED) is 0.729. The van der Waals surface area contributed by atoms with Gasteiger partial charge in [-0.3, -0.25) is 4.79 Å². The molecule has 0 radical (unpaired) electrons. The van der Waals surface area contributed by atoms with E-state index in [9.17, 15) is 4.79 Å². The molecule has 2 aromatic heterocycles. The van der Waals surface area contributed by atoms with Crippen molar-refractivity contribution in [2.24, 2.45) is 0 Å². The van der Waals surface area contributed by atoms with Crippen molar-refractivity contribution in [1.29, 1.82) is 0 Å². The number of hydrogen-bond acceptors (Lipinski definition) is 4. The van der Waals surface area contributed by atoms with E-state index in [1.54, 1.807) is 10.7 Å². The lowest BCUT2D eigenvalue weighted by Crippen LogP contribution is -2.48. The number of halogens is 2. The molecule has 3 aromatic rings. The van der Waals surface area contributed by atoms with Gasteiger partial charge >= 0.3 is 0 Å². The fraction of sp³-hybridized carbons (Fsp3) is 0.278. The van der Waals surface area contributed by atoms with Gasteiger partial charge in [0.05, 0.1) is 12.2 Å². The molecule has 1 amide bonds. The Morgan fingerprint density at radius 2 is 2.12 bits per heavy atom. The Bertz CT molecular complexity index is 942. The standard InChI is InChI=1S/C18H18ClN5O.ClH/c1-12-6-8-24-17(22-12)14(10-21-24)18(25)23-9-7-20-11-16(23)13-4-2-3-5-15(13)19;/h2-6,8,10,16,20H,7,9,11H2,1H3;1H. The zero-order valence-corrected chi connectivity index (χ0v) is 15.8. The Morgan fingerprint density at radius 1 is 1.31 bits per heavy atom. The van der Waals surface area contributed by atoms with Crippen molar-refractivity contribution in [2.75, 3.05) is 19.6 Å². The number of nitrogens with one attached hydrogen (secondary N) is 1. The van der Waals surface area contributed by atoms with Gasteiger partial charge in [-0.05, 0) is 24.6 Å². The highest BCUT2D eigenvalue weighted by Gasteiger charge is 2.31. The number of amides is 1. The molecule has 26 heavy (non-hydrogen) atoms. The summed E-state index contributed by atoms with van der Waals surface area (Å²) in [6.45, 7) is 3.93. The molecule has 3 heterocycles. The van der Waals surface area contributed by atoms with Gasteiger partial charge in [0, 0.05) is 36.5 Å². The average molecular weight is 392 g/mol. The maximum absolute atomic E-state index is 13.2. The number of aromatic nitrogens is 3. The highest BCUT2D eigenvalue weighted by atomic mass is 35.5. The largest absolute Gasteiger partial charge is 0.329 e. The van der Waals surface area contributed by atoms with Crippen LogP contribution in [0.1, 0.15) is 27.7 Å². The molecule has 1 aliphatic heterocycles. The second-order valence-corrected chi connectivity index (χ2v) is 6.54. The summed E-state index contributed by atoms with van der Waals surface area (Å²) < 4.78 is 1.63. The summed E-state index contributed by atoms with van der Waals surface area (Å²) in [5.41, 5.74) is 2.90. The Balaban J connectivity index is 0.00000196. The molecule has 1 atom stereocenters. The van der Waals surface area contributed by atoms with Gasteiger partial charge in [-0.2, -0.15) is 5.10 Å². The highest BCUT2D eigenvalue weighted by molar-refractivity contribution is 6.31. The number of piperazine rings is 1. The van der Waals surface area contributed by atoms with Gasteiger partial charge in [0.1, 0.15) is 5.56 Å². The minimum atomic E-state index is -0.116. The highest BCUT2D eigenvalue weighted by Crippen LogP contribution is 2.30. The van der Waals surface area contributed by atoms with E-state index >= 15 is 0 Å². The van der Waals surface area contributed by atoms with E-state index in [0.29, 0.717) is 29.3 Å². The number of aryl methyl sites for hydroxylation is 1. The average Bonchev–Trinajstić information content (AvgIpc) is 3.04. The summed E-state index contributed by atoms with van der Waals surface area (Å²) in [5, 5.41) is 8.27. The number of benzene rings is 1. The van der Waals surface area contributed by atoms with Crippen molar-refractivity contribution >= 4 is 35.6 Å². The van der Waals surface area contributed by atoms with Gasteiger partial charge in [-0.1, -0.05) is 29.8 Å². The number of carbonyl (C=O) groups excluding carboxylic acids is 1. The van der Waals surface area contributed by atoms with Gasteiger partial charge < -0.3 is 10.2 Å². The molecule has 136 valence electrons. The lowest BCUT2D eigenvalue weighted by Gasteiger charge is -2.36. The third-order valence-corrected chi connectivity index (χ3v) is 4.85. The summed E-state index contributed by atoms with van der Waals surface area (Å²) in [7, 11) is 0. The second kappa shape index (κ2) is 7.61. The minimum absolute atomic E-state index is 0. The molecule has 4 rings (SSSR count). The van der Waals surface area contributed by atoms with E-state index in [2.05, 4.69) is 15.4 Å². The third kappa shape index (κ3) is 3.28. The molecule has 0 spiro atoms. The van der Waals surface area contributed by atoms with Gasteiger partial charge in [-0.15, -0.1) is 12.4 Å². The minimum Gasteiger partial charge on any atom is -0.329 e. The van der Waals surface area contributed by atoms with Gasteiger partial charge in [0.2, 0.25) is 0 Å². The molecule has 0 bridgehead atoms. The van der Waals surface area contributed by atoms with E-state index in [1.807, 2.05) is 48.4 Å². The molecule has 1 saturated heterocycles. The summed E-state index contributed by atoms with van der Waals surface area (Å²) in [6.07, 6.45) is 3.41. The molecular formula is C18H19Cl2N5O. The van der Waals surface area contributed by atoms with Crippen LogP contribution in [0.3, 0.4) is 0 Å². The van der Waals surface area contributed by atoms with Crippen LogP contribution < -0.4 is 5.32 Å². The van der Waals surface area contributed by atoms with Crippen molar-refractivity contribution in [2.45, 2.75) is 13.0 Å². The van der Waals surface area contributed by atoms with Gasteiger partial charge in [-0.25, -0.2) is 9.50 Å². The van der Waals surface area contributed by atoms with Crippen molar-refractivity contribution in [3.8, 4) is 0 Å². The second-order valence-electron chi connectivity index (χ2n) is 6.14. The number of fused-ring (bicyclic) bond motifs is 1. The first kappa shape index (κ1) is 18.6.